The van der Waals surface area contributed by atoms with Gasteiger partial charge in [0, 0.05) is 24.8 Å². The molecule has 0 radical (unpaired) electrons. The van der Waals surface area contributed by atoms with E-state index in [9.17, 15) is 13.2 Å². The molecule has 1 atom stereocenters. The molecule has 0 aromatic heterocycles. The van der Waals surface area contributed by atoms with Crippen LogP contribution in [0.1, 0.15) is 30.0 Å². The summed E-state index contributed by atoms with van der Waals surface area (Å²) in [7, 11) is 1.36. The number of rotatable bonds is 3. The lowest BCUT2D eigenvalue weighted by Crippen LogP contribution is -2.27. The Kier molecular flexibility index (Phi) is 4.55. The van der Waals surface area contributed by atoms with Crippen molar-refractivity contribution in [2.24, 2.45) is 11.7 Å². The second-order valence-electron chi connectivity index (χ2n) is 4.93. The summed E-state index contributed by atoms with van der Waals surface area (Å²) in [5.41, 5.74) is 6.08. The zero-order valence-corrected chi connectivity index (χ0v) is 11.2. The first-order valence-corrected chi connectivity index (χ1v) is 6.52. The van der Waals surface area contributed by atoms with Gasteiger partial charge in [-0.05, 0) is 30.9 Å². The van der Waals surface area contributed by atoms with E-state index in [1.54, 1.807) is 0 Å². The smallest absolute Gasteiger partial charge is 0.416 e. The van der Waals surface area contributed by atoms with E-state index in [1.807, 2.05) is 0 Å². The second-order valence-corrected chi connectivity index (χ2v) is 4.93. The number of nitrogens with two attached hydrogens (primary N) is 1. The highest BCUT2D eigenvalue weighted by Gasteiger charge is 2.32. The van der Waals surface area contributed by atoms with Crippen LogP contribution < -0.4 is 10.5 Å². The van der Waals surface area contributed by atoms with Gasteiger partial charge in [0.15, 0.2) is 0 Å². The normalized spacial score (nSPS) is 18.9. The lowest BCUT2D eigenvalue weighted by molar-refractivity contribution is -0.137. The Balaban J connectivity index is 2.26. The highest BCUT2D eigenvalue weighted by Crippen LogP contribution is 2.37. The maximum absolute atomic E-state index is 12.7. The fourth-order valence-corrected chi connectivity index (χ4v) is 2.49. The van der Waals surface area contributed by atoms with Crippen molar-refractivity contribution in [2.45, 2.75) is 25.1 Å². The number of alkyl halides is 3. The van der Waals surface area contributed by atoms with Gasteiger partial charge < -0.3 is 15.2 Å². The molecule has 1 fully saturated rings. The maximum Gasteiger partial charge on any atom is 0.416 e. The largest absolute Gasteiger partial charge is 0.496 e. The number of hydrogen-bond donors (Lipinski definition) is 1. The zero-order valence-electron chi connectivity index (χ0n) is 11.2. The van der Waals surface area contributed by atoms with Crippen LogP contribution in [-0.4, -0.2) is 20.3 Å². The molecule has 0 aliphatic carbocycles. The lowest BCUT2D eigenvalue weighted by Gasteiger charge is -2.29. The SMILES string of the molecule is COc1cc(C(F)(F)F)ccc1[C@@H](N)C1CCOCC1. The van der Waals surface area contributed by atoms with E-state index in [0.717, 1.165) is 25.0 Å². The molecule has 0 amide bonds. The van der Waals surface area contributed by atoms with Gasteiger partial charge in [-0.15, -0.1) is 0 Å². The quantitative estimate of drug-likeness (QED) is 0.929. The van der Waals surface area contributed by atoms with Crippen LogP contribution in [0.5, 0.6) is 5.75 Å². The van der Waals surface area contributed by atoms with Gasteiger partial charge in [-0.2, -0.15) is 13.2 Å². The molecule has 3 nitrogen and oxygen atoms in total. The number of hydrogen-bond acceptors (Lipinski definition) is 3. The molecule has 0 unspecified atom stereocenters. The third-order valence-electron chi connectivity index (χ3n) is 3.69. The van der Waals surface area contributed by atoms with Gasteiger partial charge in [0.1, 0.15) is 5.75 Å². The molecule has 1 aromatic rings. The molecule has 1 heterocycles. The van der Waals surface area contributed by atoms with Crippen molar-refractivity contribution >= 4 is 0 Å². The summed E-state index contributed by atoms with van der Waals surface area (Å²) < 4.78 is 48.4. The molecule has 2 N–H and O–H groups in total. The Morgan fingerprint density at radius 3 is 2.50 bits per heavy atom. The van der Waals surface area contributed by atoms with Gasteiger partial charge >= 0.3 is 6.18 Å². The minimum absolute atomic E-state index is 0.193. The van der Waals surface area contributed by atoms with E-state index in [0.29, 0.717) is 18.8 Å². The zero-order chi connectivity index (χ0) is 14.8. The number of ether oxygens (including phenoxy) is 2. The van der Waals surface area contributed by atoms with E-state index < -0.39 is 11.7 Å². The molecule has 1 saturated heterocycles. The Morgan fingerprint density at radius 1 is 1.30 bits per heavy atom. The van der Waals surface area contributed by atoms with E-state index in [1.165, 1.54) is 13.2 Å². The van der Waals surface area contributed by atoms with Crippen molar-refractivity contribution in [1.82, 2.24) is 0 Å². The first-order valence-electron chi connectivity index (χ1n) is 6.52. The van der Waals surface area contributed by atoms with Crippen LogP contribution in [0, 0.1) is 5.92 Å². The second kappa shape index (κ2) is 6.01. The highest BCUT2D eigenvalue weighted by molar-refractivity contribution is 5.40. The molecule has 112 valence electrons. The Hall–Kier alpha value is -1.27. The topological polar surface area (TPSA) is 44.5 Å². The van der Waals surface area contributed by atoms with Gasteiger partial charge in [0.2, 0.25) is 0 Å². The van der Waals surface area contributed by atoms with E-state index >= 15 is 0 Å². The summed E-state index contributed by atoms with van der Waals surface area (Å²) >= 11 is 0. The van der Waals surface area contributed by atoms with Crippen LogP contribution in [-0.2, 0) is 10.9 Å². The van der Waals surface area contributed by atoms with Gasteiger partial charge in [-0.25, -0.2) is 0 Å². The summed E-state index contributed by atoms with van der Waals surface area (Å²) in [6.07, 6.45) is -2.76. The van der Waals surface area contributed by atoms with E-state index in [-0.39, 0.29) is 17.7 Å². The van der Waals surface area contributed by atoms with Gasteiger partial charge in [0.25, 0.3) is 0 Å². The summed E-state index contributed by atoms with van der Waals surface area (Å²) in [4.78, 5) is 0. The average molecular weight is 289 g/mol. The minimum Gasteiger partial charge on any atom is -0.496 e. The number of halogens is 3. The Labute approximate surface area is 115 Å². The summed E-state index contributed by atoms with van der Waals surface area (Å²) in [6.45, 7) is 1.28. The van der Waals surface area contributed by atoms with Crippen LogP contribution in [0.3, 0.4) is 0 Å². The summed E-state index contributed by atoms with van der Waals surface area (Å²) in [5.74, 6) is 0.396. The van der Waals surface area contributed by atoms with Crippen molar-refractivity contribution in [3.8, 4) is 5.75 Å². The number of benzene rings is 1. The van der Waals surface area contributed by atoms with E-state index in [2.05, 4.69) is 0 Å². The number of methoxy groups -OCH3 is 1. The van der Waals surface area contributed by atoms with Crippen molar-refractivity contribution < 1.29 is 22.6 Å². The molecule has 2 rings (SSSR count). The summed E-state index contributed by atoms with van der Waals surface area (Å²) in [5, 5.41) is 0. The molecular formula is C14H18F3NO2. The third kappa shape index (κ3) is 3.24. The molecule has 0 saturated carbocycles. The molecule has 6 heteroatoms. The van der Waals surface area contributed by atoms with Crippen molar-refractivity contribution in [1.29, 1.82) is 0 Å². The van der Waals surface area contributed by atoms with Crippen molar-refractivity contribution in [3.05, 3.63) is 29.3 Å². The first-order chi connectivity index (χ1) is 9.43. The monoisotopic (exact) mass is 289 g/mol. The lowest BCUT2D eigenvalue weighted by atomic mass is 9.87. The van der Waals surface area contributed by atoms with E-state index in [4.69, 9.17) is 15.2 Å². The fraction of sp³-hybridized carbons (Fsp3) is 0.571. The Morgan fingerprint density at radius 2 is 1.95 bits per heavy atom. The maximum atomic E-state index is 12.7. The molecule has 0 spiro atoms. The van der Waals surface area contributed by atoms with Crippen LogP contribution in [0.25, 0.3) is 0 Å². The van der Waals surface area contributed by atoms with Gasteiger partial charge in [-0.1, -0.05) is 6.07 Å². The predicted molar refractivity (Wildman–Crippen MR) is 68.5 cm³/mol. The van der Waals surface area contributed by atoms with Gasteiger partial charge in [0.05, 0.1) is 12.7 Å². The van der Waals surface area contributed by atoms with Crippen LogP contribution in [0.4, 0.5) is 13.2 Å². The molecular weight excluding hydrogens is 271 g/mol. The minimum atomic E-state index is -4.38. The van der Waals surface area contributed by atoms with Crippen LogP contribution in [0.2, 0.25) is 0 Å². The first kappa shape index (κ1) is 15.1. The molecule has 20 heavy (non-hydrogen) atoms. The molecule has 1 aliphatic heterocycles. The van der Waals surface area contributed by atoms with Crippen molar-refractivity contribution in [2.75, 3.05) is 20.3 Å². The van der Waals surface area contributed by atoms with Crippen LogP contribution in [0.15, 0.2) is 18.2 Å². The molecule has 1 aliphatic rings. The average Bonchev–Trinajstić information content (AvgIpc) is 2.45. The standard InChI is InChI=1S/C14H18F3NO2/c1-19-12-8-10(14(15,16)17)2-3-11(12)13(18)9-4-6-20-7-5-9/h2-3,8-9,13H,4-7,18H2,1H3/t13-/m0/s1. The van der Waals surface area contributed by atoms with Crippen LogP contribution >= 0.6 is 0 Å². The highest BCUT2D eigenvalue weighted by atomic mass is 19.4. The van der Waals surface area contributed by atoms with Crippen molar-refractivity contribution in [3.63, 3.8) is 0 Å². The molecule has 1 aromatic carbocycles. The Bertz CT molecular complexity index is 456. The predicted octanol–water partition coefficient (Wildman–Crippen LogP) is 3.14. The third-order valence-corrected chi connectivity index (χ3v) is 3.69. The summed E-state index contributed by atoms with van der Waals surface area (Å²) in [6, 6.07) is 3.14. The fourth-order valence-electron chi connectivity index (χ4n) is 2.49. The molecule has 0 bridgehead atoms. The van der Waals surface area contributed by atoms with Gasteiger partial charge in [-0.3, -0.25) is 0 Å².